The Morgan fingerprint density at radius 3 is 2.62 bits per heavy atom. The molecule has 5 heteroatoms. The highest BCUT2D eigenvalue weighted by Gasteiger charge is 2.18. The molecule has 2 aromatic rings. The second kappa shape index (κ2) is 4.32. The van der Waals surface area contributed by atoms with Crippen molar-refractivity contribution in [3.8, 4) is 15.6 Å². The maximum atomic E-state index is 11.0. The summed E-state index contributed by atoms with van der Waals surface area (Å²) in [6.45, 7) is 0. The number of thiazole rings is 1. The van der Waals surface area contributed by atoms with Gasteiger partial charge >= 0.3 is 5.97 Å². The quantitative estimate of drug-likeness (QED) is 0.888. The standard InChI is InChI=1S/C11H9NO3S/c1-15-11-12-8(10(13)14)9(16-11)7-5-3-2-4-6-7/h2-6H,1H3,(H,13,14). The number of carbonyl (C=O) groups is 1. The number of hydrogen-bond acceptors (Lipinski definition) is 4. The lowest BCUT2D eigenvalue weighted by molar-refractivity contribution is 0.0691. The Hall–Kier alpha value is -1.88. The largest absolute Gasteiger partial charge is 0.476 e. The zero-order chi connectivity index (χ0) is 11.5. The molecular weight excluding hydrogens is 226 g/mol. The van der Waals surface area contributed by atoms with Gasteiger partial charge in [0.2, 0.25) is 0 Å². The van der Waals surface area contributed by atoms with Crippen LogP contribution in [0.3, 0.4) is 0 Å². The number of benzene rings is 1. The van der Waals surface area contributed by atoms with E-state index in [-0.39, 0.29) is 5.69 Å². The molecule has 4 nitrogen and oxygen atoms in total. The Kier molecular flexibility index (Phi) is 2.87. The van der Waals surface area contributed by atoms with Crippen LogP contribution in [0.4, 0.5) is 0 Å². The highest BCUT2D eigenvalue weighted by molar-refractivity contribution is 7.17. The van der Waals surface area contributed by atoms with Crippen LogP contribution in [-0.2, 0) is 0 Å². The predicted molar refractivity (Wildman–Crippen MR) is 61.1 cm³/mol. The van der Waals surface area contributed by atoms with Gasteiger partial charge in [0.25, 0.3) is 5.19 Å². The fourth-order valence-corrected chi connectivity index (χ4v) is 2.20. The zero-order valence-electron chi connectivity index (χ0n) is 8.51. The third kappa shape index (κ3) is 1.90. The number of methoxy groups -OCH3 is 1. The molecule has 1 heterocycles. The zero-order valence-corrected chi connectivity index (χ0v) is 9.32. The van der Waals surface area contributed by atoms with Crippen LogP contribution in [0.2, 0.25) is 0 Å². The van der Waals surface area contributed by atoms with Gasteiger partial charge in [-0.1, -0.05) is 41.7 Å². The van der Waals surface area contributed by atoms with Crippen LogP contribution in [0, 0.1) is 0 Å². The number of rotatable bonds is 3. The van der Waals surface area contributed by atoms with Gasteiger partial charge in [-0.3, -0.25) is 0 Å². The SMILES string of the molecule is COc1nc(C(=O)O)c(-c2ccccc2)s1. The Bertz CT molecular complexity index is 507. The van der Waals surface area contributed by atoms with Crippen LogP contribution in [0.15, 0.2) is 30.3 Å². The average Bonchev–Trinajstić information content (AvgIpc) is 2.74. The van der Waals surface area contributed by atoms with E-state index in [9.17, 15) is 4.79 Å². The van der Waals surface area contributed by atoms with E-state index in [0.29, 0.717) is 10.1 Å². The monoisotopic (exact) mass is 235 g/mol. The minimum atomic E-state index is -1.04. The molecule has 0 bridgehead atoms. The molecule has 1 aromatic heterocycles. The Morgan fingerprint density at radius 2 is 2.06 bits per heavy atom. The fourth-order valence-electron chi connectivity index (χ4n) is 1.32. The van der Waals surface area contributed by atoms with Crippen LogP contribution in [0.1, 0.15) is 10.5 Å². The lowest BCUT2D eigenvalue weighted by atomic mass is 10.1. The van der Waals surface area contributed by atoms with Crippen molar-refractivity contribution in [1.29, 1.82) is 0 Å². The van der Waals surface area contributed by atoms with Crippen molar-refractivity contribution < 1.29 is 14.6 Å². The van der Waals surface area contributed by atoms with E-state index in [1.807, 2.05) is 30.3 Å². The van der Waals surface area contributed by atoms with E-state index in [4.69, 9.17) is 9.84 Å². The van der Waals surface area contributed by atoms with E-state index < -0.39 is 5.97 Å². The van der Waals surface area contributed by atoms with Crippen LogP contribution < -0.4 is 4.74 Å². The number of carboxylic acid groups (broad SMARTS) is 1. The van der Waals surface area contributed by atoms with Gasteiger partial charge in [0.15, 0.2) is 5.69 Å². The van der Waals surface area contributed by atoms with Gasteiger partial charge in [-0.2, -0.15) is 4.98 Å². The van der Waals surface area contributed by atoms with Gasteiger partial charge in [0.05, 0.1) is 12.0 Å². The molecule has 0 aliphatic carbocycles. The van der Waals surface area contributed by atoms with Crippen molar-refractivity contribution in [3.63, 3.8) is 0 Å². The summed E-state index contributed by atoms with van der Waals surface area (Å²) in [5.74, 6) is -1.04. The first-order chi connectivity index (χ1) is 7.72. The van der Waals surface area contributed by atoms with Gasteiger partial charge in [-0.25, -0.2) is 4.79 Å². The Morgan fingerprint density at radius 1 is 1.38 bits per heavy atom. The first-order valence-corrected chi connectivity index (χ1v) is 5.37. The number of carboxylic acids is 1. The second-order valence-corrected chi connectivity index (χ2v) is 3.99. The van der Waals surface area contributed by atoms with Crippen molar-refractivity contribution in [2.75, 3.05) is 7.11 Å². The van der Waals surface area contributed by atoms with Gasteiger partial charge in [0, 0.05) is 0 Å². The van der Waals surface area contributed by atoms with Crippen molar-refractivity contribution in [2.24, 2.45) is 0 Å². The molecule has 0 radical (unpaired) electrons. The molecule has 0 amide bonds. The molecule has 0 fully saturated rings. The first-order valence-electron chi connectivity index (χ1n) is 4.56. The molecule has 0 unspecified atom stereocenters. The molecule has 1 N–H and O–H groups in total. The number of aromatic carboxylic acids is 1. The topological polar surface area (TPSA) is 59.4 Å². The van der Waals surface area contributed by atoms with Gasteiger partial charge in [0.1, 0.15) is 0 Å². The Balaban J connectivity index is 2.55. The summed E-state index contributed by atoms with van der Waals surface area (Å²) in [7, 11) is 1.47. The minimum Gasteiger partial charge on any atom is -0.476 e. The van der Waals surface area contributed by atoms with E-state index in [0.717, 1.165) is 5.56 Å². The molecule has 0 spiro atoms. The number of hydrogen-bond donors (Lipinski definition) is 1. The molecule has 16 heavy (non-hydrogen) atoms. The lowest BCUT2D eigenvalue weighted by Crippen LogP contribution is -1.98. The van der Waals surface area contributed by atoms with Gasteiger partial charge in [-0.15, -0.1) is 0 Å². The highest BCUT2D eigenvalue weighted by Crippen LogP contribution is 2.33. The third-order valence-corrected chi connectivity index (χ3v) is 3.09. The molecule has 1 aromatic carbocycles. The molecule has 0 saturated carbocycles. The van der Waals surface area contributed by atoms with Crippen molar-refractivity contribution in [2.45, 2.75) is 0 Å². The molecule has 2 rings (SSSR count). The molecule has 0 aliphatic rings. The maximum absolute atomic E-state index is 11.0. The first kappa shape index (κ1) is 10.6. The van der Waals surface area contributed by atoms with E-state index in [2.05, 4.69) is 4.98 Å². The molecule has 0 atom stereocenters. The number of ether oxygens (including phenoxy) is 1. The van der Waals surface area contributed by atoms with Crippen LogP contribution in [-0.4, -0.2) is 23.2 Å². The summed E-state index contributed by atoms with van der Waals surface area (Å²) in [6.07, 6.45) is 0. The summed E-state index contributed by atoms with van der Waals surface area (Å²) < 4.78 is 4.95. The molecule has 0 aliphatic heterocycles. The smallest absolute Gasteiger partial charge is 0.356 e. The van der Waals surface area contributed by atoms with Gasteiger partial charge in [-0.05, 0) is 5.56 Å². The number of nitrogens with zero attached hydrogens (tertiary/aromatic N) is 1. The predicted octanol–water partition coefficient (Wildman–Crippen LogP) is 2.52. The molecule has 0 saturated heterocycles. The fraction of sp³-hybridized carbons (Fsp3) is 0.0909. The highest BCUT2D eigenvalue weighted by atomic mass is 32.1. The number of aromatic nitrogens is 1. The van der Waals surface area contributed by atoms with Crippen molar-refractivity contribution in [1.82, 2.24) is 4.98 Å². The minimum absolute atomic E-state index is 0.0352. The summed E-state index contributed by atoms with van der Waals surface area (Å²) in [5.41, 5.74) is 0.869. The van der Waals surface area contributed by atoms with Crippen LogP contribution in [0.25, 0.3) is 10.4 Å². The normalized spacial score (nSPS) is 10.1. The lowest BCUT2D eigenvalue weighted by Gasteiger charge is -1.96. The average molecular weight is 235 g/mol. The maximum Gasteiger partial charge on any atom is 0.356 e. The summed E-state index contributed by atoms with van der Waals surface area (Å²) in [6, 6.07) is 9.28. The summed E-state index contributed by atoms with van der Waals surface area (Å²) in [5, 5.41) is 9.38. The molecular formula is C11H9NO3S. The van der Waals surface area contributed by atoms with Crippen molar-refractivity contribution >= 4 is 17.3 Å². The van der Waals surface area contributed by atoms with E-state index in [1.165, 1.54) is 18.4 Å². The second-order valence-electron chi connectivity index (χ2n) is 3.03. The van der Waals surface area contributed by atoms with Gasteiger partial charge < -0.3 is 9.84 Å². The third-order valence-electron chi connectivity index (χ3n) is 2.02. The Labute approximate surface area is 96.1 Å². The summed E-state index contributed by atoms with van der Waals surface area (Å²) >= 11 is 1.23. The van der Waals surface area contributed by atoms with E-state index in [1.54, 1.807) is 0 Å². The molecule has 82 valence electrons. The summed E-state index contributed by atoms with van der Waals surface area (Å²) in [4.78, 5) is 15.5. The van der Waals surface area contributed by atoms with E-state index >= 15 is 0 Å². The van der Waals surface area contributed by atoms with Crippen molar-refractivity contribution in [3.05, 3.63) is 36.0 Å². The van der Waals surface area contributed by atoms with Crippen LogP contribution >= 0.6 is 11.3 Å². The van der Waals surface area contributed by atoms with Crippen LogP contribution in [0.5, 0.6) is 5.19 Å².